The van der Waals surface area contributed by atoms with Crippen molar-refractivity contribution in [3.05, 3.63) is 0 Å². The Balaban J connectivity index is 0. The fourth-order valence-corrected chi connectivity index (χ4v) is 1.31. The molecule has 0 bridgehead atoms. The Bertz CT molecular complexity index is 251. The van der Waals surface area contributed by atoms with Crippen molar-refractivity contribution < 1.29 is 9.59 Å². The highest BCUT2D eigenvalue weighted by molar-refractivity contribution is 5.86. The molecular weight excluding hydrogens is 230 g/mol. The zero-order chi connectivity index (χ0) is 12.2. The third kappa shape index (κ3) is 5.32. The highest BCUT2D eigenvalue weighted by Crippen LogP contribution is 2.05. The van der Waals surface area contributed by atoms with Crippen LogP contribution in [-0.4, -0.2) is 42.9 Å². The highest BCUT2D eigenvalue weighted by Gasteiger charge is 2.27. The first-order chi connectivity index (χ1) is 6.70. The number of hydrogen-bond acceptors (Lipinski definition) is 3. The summed E-state index contributed by atoms with van der Waals surface area (Å²) in [4.78, 5) is 24.4. The molecule has 96 valence electrons. The van der Waals surface area contributed by atoms with E-state index in [-0.39, 0.29) is 30.1 Å². The Morgan fingerprint density at radius 2 is 1.88 bits per heavy atom. The molecule has 1 atom stereocenters. The maximum absolute atomic E-state index is 11.7. The SMILES string of the molecule is CNC(=O)C(C)CN(C)C(=O)C(C)(C)N.Cl. The van der Waals surface area contributed by atoms with Crippen LogP contribution in [0.4, 0.5) is 0 Å². The molecular formula is C10H22ClN3O2. The van der Waals surface area contributed by atoms with Crippen LogP contribution in [0.2, 0.25) is 0 Å². The first-order valence-electron chi connectivity index (χ1n) is 4.96. The summed E-state index contributed by atoms with van der Waals surface area (Å²) in [6.07, 6.45) is 0. The molecule has 3 N–H and O–H groups in total. The van der Waals surface area contributed by atoms with E-state index in [0.717, 1.165) is 0 Å². The number of rotatable bonds is 4. The molecule has 16 heavy (non-hydrogen) atoms. The first-order valence-corrected chi connectivity index (χ1v) is 4.96. The lowest BCUT2D eigenvalue weighted by Crippen LogP contribution is -2.51. The largest absolute Gasteiger partial charge is 0.359 e. The molecule has 0 saturated carbocycles. The van der Waals surface area contributed by atoms with Crippen molar-refractivity contribution in [1.29, 1.82) is 0 Å². The van der Waals surface area contributed by atoms with E-state index in [1.54, 1.807) is 34.9 Å². The van der Waals surface area contributed by atoms with E-state index in [2.05, 4.69) is 5.32 Å². The molecule has 1 unspecified atom stereocenters. The van der Waals surface area contributed by atoms with Crippen LogP contribution in [0.5, 0.6) is 0 Å². The number of halogens is 1. The summed E-state index contributed by atoms with van der Waals surface area (Å²) in [6.45, 7) is 5.44. The summed E-state index contributed by atoms with van der Waals surface area (Å²) < 4.78 is 0. The number of nitrogens with two attached hydrogens (primary N) is 1. The lowest BCUT2D eigenvalue weighted by Gasteiger charge is -2.27. The summed E-state index contributed by atoms with van der Waals surface area (Å²) in [5, 5.41) is 2.54. The van der Waals surface area contributed by atoms with E-state index < -0.39 is 5.54 Å². The summed E-state index contributed by atoms with van der Waals surface area (Å²) in [7, 11) is 3.23. The van der Waals surface area contributed by atoms with Gasteiger partial charge in [-0.2, -0.15) is 0 Å². The van der Waals surface area contributed by atoms with Gasteiger partial charge in [0.25, 0.3) is 0 Å². The van der Waals surface area contributed by atoms with Crippen molar-refractivity contribution in [2.24, 2.45) is 11.7 Å². The average Bonchev–Trinajstić information content (AvgIpc) is 2.13. The van der Waals surface area contributed by atoms with Crippen molar-refractivity contribution in [3.63, 3.8) is 0 Å². The van der Waals surface area contributed by atoms with Gasteiger partial charge < -0.3 is 16.0 Å². The minimum atomic E-state index is -0.892. The number of carbonyl (C=O) groups excluding carboxylic acids is 2. The molecule has 6 heteroatoms. The standard InChI is InChI=1S/C10H21N3O2.ClH/c1-7(8(14)12-4)6-13(5)9(15)10(2,3)11;/h7H,6,11H2,1-5H3,(H,12,14);1H. The topological polar surface area (TPSA) is 75.4 Å². The van der Waals surface area contributed by atoms with Crippen LogP contribution in [0.25, 0.3) is 0 Å². The predicted molar refractivity (Wildman–Crippen MR) is 66.4 cm³/mol. The van der Waals surface area contributed by atoms with Crippen LogP contribution < -0.4 is 11.1 Å². The molecule has 2 amide bonds. The monoisotopic (exact) mass is 251 g/mol. The summed E-state index contributed by atoms with van der Waals surface area (Å²) >= 11 is 0. The van der Waals surface area contributed by atoms with Gasteiger partial charge in [-0.15, -0.1) is 12.4 Å². The van der Waals surface area contributed by atoms with Gasteiger partial charge in [-0.1, -0.05) is 6.92 Å². The molecule has 0 aromatic rings. The average molecular weight is 252 g/mol. The highest BCUT2D eigenvalue weighted by atomic mass is 35.5. The van der Waals surface area contributed by atoms with Crippen molar-refractivity contribution in [3.8, 4) is 0 Å². The lowest BCUT2D eigenvalue weighted by atomic mass is 10.0. The molecule has 0 aliphatic carbocycles. The first kappa shape index (κ1) is 17.6. The Morgan fingerprint density at radius 3 is 2.19 bits per heavy atom. The molecule has 0 spiro atoms. The molecule has 0 radical (unpaired) electrons. The molecule has 0 heterocycles. The number of likely N-dealkylation sites (N-methyl/N-ethyl adjacent to an activating group) is 1. The normalized spacial score (nSPS) is 12.4. The van der Waals surface area contributed by atoms with E-state index in [9.17, 15) is 9.59 Å². The van der Waals surface area contributed by atoms with Crippen LogP contribution in [0.3, 0.4) is 0 Å². The third-order valence-electron chi connectivity index (χ3n) is 2.14. The Labute approximate surface area is 103 Å². The molecule has 0 aliphatic rings. The molecule has 0 aliphatic heterocycles. The molecule has 0 aromatic carbocycles. The number of carbonyl (C=O) groups is 2. The van der Waals surface area contributed by atoms with Gasteiger partial charge in [0.05, 0.1) is 11.5 Å². The fraction of sp³-hybridized carbons (Fsp3) is 0.800. The van der Waals surface area contributed by atoms with Gasteiger partial charge >= 0.3 is 0 Å². The van der Waals surface area contributed by atoms with Crippen molar-refractivity contribution in [2.75, 3.05) is 20.6 Å². The van der Waals surface area contributed by atoms with E-state index in [4.69, 9.17) is 5.73 Å². The van der Waals surface area contributed by atoms with Gasteiger partial charge in [-0.05, 0) is 13.8 Å². The minimum absolute atomic E-state index is 0. The quantitative estimate of drug-likeness (QED) is 0.738. The van der Waals surface area contributed by atoms with Crippen molar-refractivity contribution in [2.45, 2.75) is 26.3 Å². The third-order valence-corrected chi connectivity index (χ3v) is 2.14. The van der Waals surface area contributed by atoms with Crippen LogP contribution in [0.15, 0.2) is 0 Å². The van der Waals surface area contributed by atoms with Gasteiger partial charge in [0.15, 0.2) is 0 Å². The van der Waals surface area contributed by atoms with E-state index in [1.807, 2.05) is 0 Å². The smallest absolute Gasteiger partial charge is 0.241 e. The second-order valence-corrected chi connectivity index (χ2v) is 4.42. The van der Waals surface area contributed by atoms with Crippen molar-refractivity contribution >= 4 is 24.2 Å². The Kier molecular flexibility index (Phi) is 7.37. The Hall–Kier alpha value is -0.810. The van der Waals surface area contributed by atoms with Crippen molar-refractivity contribution in [1.82, 2.24) is 10.2 Å². The van der Waals surface area contributed by atoms with E-state index in [0.29, 0.717) is 6.54 Å². The Morgan fingerprint density at radius 1 is 1.44 bits per heavy atom. The lowest BCUT2D eigenvalue weighted by molar-refractivity contribution is -0.136. The molecule has 0 rings (SSSR count). The van der Waals surface area contributed by atoms with E-state index in [1.165, 1.54) is 4.90 Å². The molecule has 0 aromatic heterocycles. The van der Waals surface area contributed by atoms with Crippen LogP contribution in [0, 0.1) is 5.92 Å². The van der Waals surface area contributed by atoms with Gasteiger partial charge in [-0.3, -0.25) is 9.59 Å². The minimum Gasteiger partial charge on any atom is -0.359 e. The number of amides is 2. The van der Waals surface area contributed by atoms with Gasteiger partial charge in [0, 0.05) is 20.6 Å². The molecule has 5 nitrogen and oxygen atoms in total. The summed E-state index contributed by atoms with van der Waals surface area (Å²) in [6, 6.07) is 0. The number of nitrogens with one attached hydrogen (secondary N) is 1. The second-order valence-electron chi connectivity index (χ2n) is 4.42. The predicted octanol–water partition coefficient (Wildman–Crippen LogP) is -0.0140. The van der Waals surface area contributed by atoms with Gasteiger partial charge in [0.2, 0.25) is 11.8 Å². The molecule has 0 fully saturated rings. The summed E-state index contributed by atoms with van der Waals surface area (Å²) in [5.74, 6) is -0.478. The van der Waals surface area contributed by atoms with Crippen LogP contribution >= 0.6 is 12.4 Å². The second kappa shape index (κ2) is 6.70. The number of hydrogen-bond donors (Lipinski definition) is 2. The van der Waals surface area contributed by atoms with Gasteiger partial charge in [0.1, 0.15) is 0 Å². The maximum atomic E-state index is 11.7. The molecule has 0 saturated heterocycles. The fourth-order valence-electron chi connectivity index (χ4n) is 1.31. The summed E-state index contributed by atoms with van der Waals surface area (Å²) in [5.41, 5.74) is 4.78. The van der Waals surface area contributed by atoms with Crippen LogP contribution in [-0.2, 0) is 9.59 Å². The van der Waals surface area contributed by atoms with Crippen LogP contribution in [0.1, 0.15) is 20.8 Å². The van der Waals surface area contributed by atoms with E-state index >= 15 is 0 Å². The maximum Gasteiger partial charge on any atom is 0.241 e. The zero-order valence-electron chi connectivity index (χ0n) is 10.5. The number of nitrogens with zero attached hydrogens (tertiary/aromatic N) is 1. The zero-order valence-corrected chi connectivity index (χ0v) is 11.4. The van der Waals surface area contributed by atoms with Gasteiger partial charge in [-0.25, -0.2) is 0 Å².